The normalized spacial score (nSPS) is 24.7. The highest BCUT2D eigenvalue weighted by Gasteiger charge is 2.40. The van der Waals surface area contributed by atoms with Crippen molar-refractivity contribution in [1.29, 1.82) is 0 Å². The number of urea groups is 1. The predicted octanol–water partition coefficient (Wildman–Crippen LogP) is 3.65. The van der Waals surface area contributed by atoms with E-state index in [1.807, 2.05) is 18.7 Å². The Labute approximate surface area is 165 Å². The second-order valence-corrected chi connectivity index (χ2v) is 8.70. The molecule has 146 valence electrons. The number of fused-ring (bicyclic) bond motifs is 2. The van der Waals surface area contributed by atoms with Gasteiger partial charge in [0.25, 0.3) is 0 Å². The van der Waals surface area contributed by atoms with Crippen molar-refractivity contribution >= 4 is 28.7 Å². The summed E-state index contributed by atoms with van der Waals surface area (Å²) < 4.78 is 0. The molecule has 1 aromatic heterocycles. The first-order chi connectivity index (χ1) is 13.0. The molecule has 2 aliphatic rings. The Bertz CT molecular complexity index is 844. The van der Waals surface area contributed by atoms with E-state index < -0.39 is 0 Å². The molecule has 1 aliphatic carbocycles. The summed E-state index contributed by atoms with van der Waals surface area (Å²) >= 11 is 1.80. The number of likely N-dealkylation sites (N-methyl/N-ethyl adjacent to an activating group) is 1. The topological polar surface area (TPSA) is 51.4 Å². The van der Waals surface area contributed by atoms with Gasteiger partial charge in [0.05, 0.1) is 0 Å². The molecule has 2 amide bonds. The Morgan fingerprint density at radius 3 is 2.85 bits per heavy atom. The third kappa shape index (κ3) is 3.23. The van der Waals surface area contributed by atoms with Gasteiger partial charge in [-0.3, -0.25) is 0 Å². The molecule has 0 saturated carbocycles. The lowest BCUT2D eigenvalue weighted by Crippen LogP contribution is -2.56. The number of nitrogens with zero attached hydrogens (tertiary/aromatic N) is 2. The minimum absolute atomic E-state index is 0.0676. The summed E-state index contributed by atoms with van der Waals surface area (Å²) in [6.07, 6.45) is 6.43. The van der Waals surface area contributed by atoms with Crippen LogP contribution in [0.2, 0.25) is 0 Å². The van der Waals surface area contributed by atoms with Crippen LogP contribution in [0, 0.1) is 0 Å². The molecule has 2 N–H and O–H groups in total. The number of aromatic nitrogens is 1. The van der Waals surface area contributed by atoms with E-state index >= 15 is 0 Å². The van der Waals surface area contributed by atoms with E-state index in [0.717, 1.165) is 32.5 Å². The minimum Gasteiger partial charge on any atom is -0.361 e. The largest absolute Gasteiger partial charge is 0.361 e. The Morgan fingerprint density at radius 2 is 2.15 bits per heavy atom. The number of nitrogens with one attached hydrogen (secondary N) is 2. The zero-order valence-electron chi connectivity index (χ0n) is 16.7. The van der Waals surface area contributed by atoms with Gasteiger partial charge < -0.3 is 20.1 Å². The van der Waals surface area contributed by atoms with Gasteiger partial charge in [-0.25, -0.2) is 4.79 Å². The summed E-state index contributed by atoms with van der Waals surface area (Å²) in [5.74, 6) is 0.462. The van der Waals surface area contributed by atoms with Crippen molar-refractivity contribution in [2.75, 3.05) is 32.9 Å². The van der Waals surface area contributed by atoms with Gasteiger partial charge in [-0.2, -0.15) is 0 Å². The number of amides is 2. The van der Waals surface area contributed by atoms with Crippen LogP contribution in [0.15, 0.2) is 23.2 Å². The lowest BCUT2D eigenvalue weighted by atomic mass is 9.74. The SMILES string of the molecule is CCN(CC)C(=O)N[C@H]1C[C@@H]2c3cc(SC)cc4[nH]cc(c34)C[C@H]2N(C)C1. The number of rotatable bonds is 4. The van der Waals surface area contributed by atoms with Crippen LogP contribution in [0.5, 0.6) is 0 Å². The average Bonchev–Trinajstić information content (AvgIpc) is 3.07. The molecule has 4 rings (SSSR count). The lowest BCUT2D eigenvalue weighted by molar-refractivity contribution is 0.124. The smallest absolute Gasteiger partial charge is 0.317 e. The highest BCUT2D eigenvalue weighted by atomic mass is 32.2. The van der Waals surface area contributed by atoms with Crippen LogP contribution in [0.25, 0.3) is 10.9 Å². The molecule has 1 saturated heterocycles. The van der Waals surface area contributed by atoms with E-state index in [1.165, 1.54) is 26.9 Å². The minimum atomic E-state index is 0.0676. The number of hydrogen-bond acceptors (Lipinski definition) is 3. The number of thioether (sulfide) groups is 1. The van der Waals surface area contributed by atoms with Crippen molar-refractivity contribution in [3.63, 3.8) is 0 Å². The molecule has 5 nitrogen and oxygen atoms in total. The summed E-state index contributed by atoms with van der Waals surface area (Å²) in [5, 5.41) is 4.71. The highest BCUT2D eigenvalue weighted by molar-refractivity contribution is 7.98. The van der Waals surface area contributed by atoms with Gasteiger partial charge in [0.1, 0.15) is 0 Å². The third-order valence-corrected chi connectivity index (χ3v) is 7.09. The van der Waals surface area contributed by atoms with Crippen molar-refractivity contribution in [3.05, 3.63) is 29.5 Å². The molecule has 6 heteroatoms. The Balaban J connectivity index is 1.64. The predicted molar refractivity (Wildman–Crippen MR) is 113 cm³/mol. The van der Waals surface area contributed by atoms with Gasteiger partial charge in [0.2, 0.25) is 0 Å². The first-order valence-electron chi connectivity index (χ1n) is 9.99. The zero-order chi connectivity index (χ0) is 19.1. The van der Waals surface area contributed by atoms with Crippen LogP contribution in [0.3, 0.4) is 0 Å². The van der Waals surface area contributed by atoms with Crippen molar-refractivity contribution in [3.8, 4) is 0 Å². The van der Waals surface area contributed by atoms with Crippen molar-refractivity contribution in [2.24, 2.45) is 0 Å². The highest BCUT2D eigenvalue weighted by Crippen LogP contribution is 2.44. The molecule has 3 atom stereocenters. The van der Waals surface area contributed by atoms with Crippen LogP contribution in [0.1, 0.15) is 37.3 Å². The second-order valence-electron chi connectivity index (χ2n) is 7.83. The monoisotopic (exact) mass is 386 g/mol. The molecule has 2 heterocycles. The number of piperidine rings is 1. The Morgan fingerprint density at radius 1 is 1.37 bits per heavy atom. The van der Waals surface area contributed by atoms with E-state index in [4.69, 9.17) is 0 Å². The van der Waals surface area contributed by atoms with Crippen LogP contribution in [0.4, 0.5) is 4.79 Å². The molecule has 0 spiro atoms. The summed E-state index contributed by atoms with van der Waals surface area (Å²) in [7, 11) is 2.21. The third-order valence-electron chi connectivity index (χ3n) is 6.39. The van der Waals surface area contributed by atoms with Crippen molar-refractivity contribution in [1.82, 2.24) is 20.1 Å². The Kier molecular flexibility index (Phi) is 5.12. The molecule has 1 aromatic carbocycles. The molecule has 0 unspecified atom stereocenters. The van der Waals surface area contributed by atoms with E-state index in [0.29, 0.717) is 12.0 Å². The average molecular weight is 387 g/mol. The van der Waals surface area contributed by atoms with Crippen LogP contribution >= 0.6 is 11.8 Å². The molecule has 1 aliphatic heterocycles. The molecule has 2 aromatic rings. The second kappa shape index (κ2) is 7.40. The van der Waals surface area contributed by atoms with Crippen LogP contribution in [-0.2, 0) is 6.42 Å². The van der Waals surface area contributed by atoms with E-state index in [1.54, 1.807) is 11.8 Å². The number of benzene rings is 1. The fourth-order valence-corrected chi connectivity index (χ4v) is 5.47. The number of hydrogen-bond donors (Lipinski definition) is 2. The van der Waals surface area contributed by atoms with Gasteiger partial charge in [-0.1, -0.05) is 0 Å². The van der Waals surface area contributed by atoms with E-state index in [9.17, 15) is 4.79 Å². The fraction of sp³-hybridized carbons (Fsp3) is 0.571. The number of carbonyl (C=O) groups excluding carboxylic acids is 1. The van der Waals surface area contributed by atoms with Gasteiger partial charge >= 0.3 is 6.03 Å². The van der Waals surface area contributed by atoms with Crippen molar-refractivity contribution in [2.45, 2.75) is 49.6 Å². The molecular formula is C21H30N4OS. The fourth-order valence-electron chi connectivity index (χ4n) is 4.98. The standard InChI is InChI=1S/C21H30N4OS/c1-5-25(6-2)21(26)23-14-8-16-17-9-15(27-4)10-18-20(17)13(11-22-18)7-19(16)24(3)12-14/h9-11,14,16,19,22H,5-8,12H2,1-4H3,(H,23,26)/t14-,16+,19+/m0/s1. The molecule has 0 radical (unpaired) electrons. The summed E-state index contributed by atoms with van der Waals surface area (Å²) in [6.45, 7) is 6.48. The lowest BCUT2D eigenvalue weighted by Gasteiger charge is -2.46. The zero-order valence-corrected chi connectivity index (χ0v) is 17.5. The summed E-state index contributed by atoms with van der Waals surface area (Å²) in [5.41, 5.74) is 4.15. The number of H-pyrrole nitrogens is 1. The van der Waals surface area contributed by atoms with Crippen LogP contribution in [-0.4, -0.2) is 65.8 Å². The first kappa shape index (κ1) is 18.7. The number of aromatic amines is 1. The molecule has 0 bridgehead atoms. The summed E-state index contributed by atoms with van der Waals surface area (Å²) in [4.78, 5) is 21.7. The van der Waals surface area contributed by atoms with Gasteiger partial charge in [0, 0.05) is 59.6 Å². The van der Waals surface area contributed by atoms with E-state index in [-0.39, 0.29) is 12.1 Å². The van der Waals surface area contributed by atoms with Crippen molar-refractivity contribution < 1.29 is 4.79 Å². The van der Waals surface area contributed by atoms with Crippen LogP contribution < -0.4 is 5.32 Å². The maximum absolute atomic E-state index is 12.6. The maximum atomic E-state index is 12.6. The summed E-state index contributed by atoms with van der Waals surface area (Å²) in [6, 6.07) is 5.41. The van der Waals surface area contributed by atoms with Gasteiger partial charge in [0.15, 0.2) is 0 Å². The van der Waals surface area contributed by atoms with Gasteiger partial charge in [-0.15, -0.1) is 11.8 Å². The molecule has 27 heavy (non-hydrogen) atoms. The first-order valence-corrected chi connectivity index (χ1v) is 11.2. The number of carbonyl (C=O) groups is 1. The Hall–Kier alpha value is -1.66. The quantitative estimate of drug-likeness (QED) is 0.789. The van der Waals surface area contributed by atoms with E-state index in [2.05, 4.69) is 46.8 Å². The van der Waals surface area contributed by atoms with Gasteiger partial charge in [-0.05, 0) is 63.3 Å². The maximum Gasteiger partial charge on any atom is 0.317 e. The molecular weight excluding hydrogens is 356 g/mol. The number of likely N-dealkylation sites (tertiary alicyclic amines) is 1. The molecule has 1 fully saturated rings.